The first-order chi connectivity index (χ1) is 16.2. The van der Waals surface area contributed by atoms with Crippen molar-refractivity contribution in [2.24, 2.45) is 11.5 Å². The largest absolute Gasteiger partial charge is 0.462 e. The molecule has 12 nitrogen and oxygen atoms in total. The number of aromatic nitrogens is 3. The number of aliphatic hydroxyl groups is 2. The van der Waals surface area contributed by atoms with Crippen LogP contribution in [0.25, 0.3) is 11.0 Å². The molecule has 34 heavy (non-hydrogen) atoms. The Bertz CT molecular complexity index is 1220. The molecule has 0 unspecified atom stereocenters. The second-order valence-corrected chi connectivity index (χ2v) is 8.14. The topological polar surface area (TPSA) is 202 Å². The summed E-state index contributed by atoms with van der Waals surface area (Å²) in [5.41, 5.74) is 18.5. The van der Waals surface area contributed by atoms with Gasteiger partial charge in [-0.05, 0) is 18.9 Å². The SMILES string of the molecule is Cc1nc(N)c2c(C(N)=O)cn([C@@H]3O[C@H](COC(=O)[C@@H](N)Cc4ccccc4)[C@@H](O)[C@H]3O)c2n1. The lowest BCUT2D eigenvalue weighted by Crippen LogP contribution is -2.38. The molecule has 5 atom stereocenters. The van der Waals surface area contributed by atoms with Gasteiger partial charge in [-0.15, -0.1) is 0 Å². The zero-order valence-corrected chi connectivity index (χ0v) is 18.4. The molecule has 4 rings (SSSR count). The molecule has 3 aromatic rings. The van der Waals surface area contributed by atoms with E-state index >= 15 is 0 Å². The lowest BCUT2D eigenvalue weighted by Gasteiger charge is -2.18. The summed E-state index contributed by atoms with van der Waals surface area (Å²) in [5.74, 6) is -1.07. The smallest absolute Gasteiger partial charge is 0.323 e. The number of esters is 1. The third-order valence-electron chi connectivity index (χ3n) is 5.68. The average Bonchev–Trinajstić information content (AvgIpc) is 3.31. The average molecular weight is 470 g/mol. The molecular formula is C22H26N6O6. The summed E-state index contributed by atoms with van der Waals surface area (Å²) in [4.78, 5) is 32.6. The van der Waals surface area contributed by atoms with Gasteiger partial charge >= 0.3 is 5.97 Å². The number of carbonyl (C=O) groups is 2. The fraction of sp³-hybridized carbons (Fsp3) is 0.364. The van der Waals surface area contributed by atoms with Crippen molar-refractivity contribution in [3.63, 3.8) is 0 Å². The highest BCUT2D eigenvalue weighted by Gasteiger charge is 2.45. The molecule has 2 aromatic heterocycles. The highest BCUT2D eigenvalue weighted by Crippen LogP contribution is 2.35. The van der Waals surface area contributed by atoms with Crippen LogP contribution in [0.1, 0.15) is 28.0 Å². The Hall–Kier alpha value is -3.58. The quantitative estimate of drug-likeness (QED) is 0.271. The number of anilines is 1. The van der Waals surface area contributed by atoms with E-state index in [9.17, 15) is 19.8 Å². The first-order valence-electron chi connectivity index (χ1n) is 10.6. The van der Waals surface area contributed by atoms with Crippen molar-refractivity contribution in [2.45, 2.75) is 43.9 Å². The van der Waals surface area contributed by atoms with E-state index in [4.69, 9.17) is 26.7 Å². The molecule has 0 bridgehead atoms. The molecule has 3 heterocycles. The molecule has 1 amide bonds. The number of nitrogens with two attached hydrogens (primary N) is 3. The van der Waals surface area contributed by atoms with Gasteiger partial charge in [0, 0.05) is 6.20 Å². The Kier molecular flexibility index (Phi) is 6.48. The Morgan fingerprint density at radius 3 is 2.59 bits per heavy atom. The first kappa shape index (κ1) is 23.6. The molecule has 1 saturated heterocycles. The zero-order chi connectivity index (χ0) is 24.6. The molecule has 0 saturated carbocycles. The van der Waals surface area contributed by atoms with Gasteiger partial charge in [-0.1, -0.05) is 30.3 Å². The Morgan fingerprint density at radius 2 is 1.91 bits per heavy atom. The number of amides is 1. The van der Waals surface area contributed by atoms with Gasteiger partial charge in [0.1, 0.15) is 48.3 Å². The van der Waals surface area contributed by atoms with Crippen LogP contribution in [0, 0.1) is 6.92 Å². The van der Waals surface area contributed by atoms with E-state index in [0.717, 1.165) is 5.56 Å². The number of fused-ring (bicyclic) bond motifs is 1. The summed E-state index contributed by atoms with van der Waals surface area (Å²) in [5, 5.41) is 21.4. The van der Waals surface area contributed by atoms with Gasteiger partial charge in [0.25, 0.3) is 5.91 Å². The number of nitrogens with zero attached hydrogens (tertiary/aromatic N) is 3. The summed E-state index contributed by atoms with van der Waals surface area (Å²) in [7, 11) is 0. The first-order valence-corrected chi connectivity index (χ1v) is 10.6. The number of hydrogen-bond acceptors (Lipinski definition) is 10. The predicted molar refractivity (Wildman–Crippen MR) is 120 cm³/mol. The van der Waals surface area contributed by atoms with Gasteiger partial charge in [-0.25, -0.2) is 9.97 Å². The van der Waals surface area contributed by atoms with Crippen LogP contribution in [-0.2, 0) is 20.7 Å². The summed E-state index contributed by atoms with van der Waals surface area (Å²) in [6.45, 7) is 1.27. The maximum absolute atomic E-state index is 12.3. The van der Waals surface area contributed by atoms with Crippen LogP contribution in [0.15, 0.2) is 36.5 Å². The highest BCUT2D eigenvalue weighted by atomic mass is 16.6. The minimum Gasteiger partial charge on any atom is -0.462 e. The maximum Gasteiger partial charge on any atom is 0.323 e. The van der Waals surface area contributed by atoms with Gasteiger partial charge in [0.2, 0.25) is 0 Å². The fourth-order valence-electron chi connectivity index (χ4n) is 3.99. The fourth-order valence-corrected chi connectivity index (χ4v) is 3.99. The lowest BCUT2D eigenvalue weighted by molar-refractivity contribution is -0.151. The normalized spacial score (nSPS) is 23.2. The van der Waals surface area contributed by atoms with Crippen molar-refractivity contribution < 1.29 is 29.3 Å². The van der Waals surface area contributed by atoms with E-state index in [1.807, 2.05) is 30.3 Å². The van der Waals surface area contributed by atoms with E-state index in [1.165, 1.54) is 10.8 Å². The van der Waals surface area contributed by atoms with Gasteiger partial charge in [-0.2, -0.15) is 0 Å². The van der Waals surface area contributed by atoms with Crippen LogP contribution >= 0.6 is 0 Å². The van der Waals surface area contributed by atoms with Crippen molar-refractivity contribution in [1.29, 1.82) is 0 Å². The molecule has 8 N–H and O–H groups in total. The number of aliphatic hydroxyl groups excluding tert-OH is 2. The minimum atomic E-state index is -1.42. The standard InChI is InChI=1S/C22H26N6O6/c1-10-26-18(24)15-12(19(25)31)8-28(20(15)27-10)21-17(30)16(29)14(34-21)9-33-22(32)13(23)7-11-5-3-2-4-6-11/h2-6,8,13-14,16-17,21,29-30H,7,9,23H2,1H3,(H2,25,31)(H2,24,26,27)/t13-,14+,16+,17+,21+/m0/s1. The zero-order valence-electron chi connectivity index (χ0n) is 18.4. The maximum atomic E-state index is 12.3. The van der Waals surface area contributed by atoms with Gasteiger partial charge in [0.15, 0.2) is 6.23 Å². The van der Waals surface area contributed by atoms with Crippen LogP contribution < -0.4 is 17.2 Å². The van der Waals surface area contributed by atoms with Crippen LogP contribution in [0.2, 0.25) is 0 Å². The molecule has 1 aliphatic heterocycles. The monoisotopic (exact) mass is 470 g/mol. The van der Waals surface area contributed by atoms with Crippen molar-refractivity contribution >= 4 is 28.7 Å². The molecule has 0 radical (unpaired) electrons. The Labute approximate surface area is 194 Å². The molecule has 1 fully saturated rings. The summed E-state index contributed by atoms with van der Waals surface area (Å²) in [6, 6.07) is 8.32. The van der Waals surface area contributed by atoms with Crippen LogP contribution in [-0.4, -0.2) is 67.6 Å². The van der Waals surface area contributed by atoms with Crippen LogP contribution in [0.3, 0.4) is 0 Å². The van der Waals surface area contributed by atoms with Crippen molar-refractivity contribution in [3.05, 3.63) is 53.5 Å². The molecule has 0 spiro atoms. The highest BCUT2D eigenvalue weighted by molar-refractivity contribution is 6.08. The molecule has 0 aliphatic carbocycles. The second-order valence-electron chi connectivity index (χ2n) is 8.14. The van der Waals surface area contributed by atoms with E-state index in [-0.39, 0.29) is 35.4 Å². The third kappa shape index (κ3) is 4.43. The summed E-state index contributed by atoms with van der Waals surface area (Å²) >= 11 is 0. The van der Waals surface area contributed by atoms with Gasteiger partial charge in [-0.3, -0.25) is 9.59 Å². The minimum absolute atomic E-state index is 0.0413. The number of primary amides is 1. The van der Waals surface area contributed by atoms with Crippen molar-refractivity contribution in [2.75, 3.05) is 12.3 Å². The van der Waals surface area contributed by atoms with Crippen molar-refractivity contribution in [3.8, 4) is 0 Å². The predicted octanol–water partition coefficient (Wildman–Crippen LogP) is -0.847. The van der Waals surface area contributed by atoms with E-state index < -0.39 is 42.5 Å². The number of hydrogen-bond donors (Lipinski definition) is 5. The molecule has 180 valence electrons. The summed E-state index contributed by atoms with van der Waals surface area (Å²) < 4.78 is 12.4. The Balaban J connectivity index is 1.50. The molecule has 1 aliphatic rings. The number of rotatable bonds is 7. The van der Waals surface area contributed by atoms with Crippen molar-refractivity contribution in [1.82, 2.24) is 14.5 Å². The van der Waals surface area contributed by atoms with Crippen LogP contribution in [0.5, 0.6) is 0 Å². The number of benzene rings is 1. The van der Waals surface area contributed by atoms with E-state index in [1.54, 1.807) is 6.92 Å². The number of nitrogen functional groups attached to an aromatic ring is 1. The molecule has 12 heteroatoms. The second kappa shape index (κ2) is 9.35. The number of carbonyl (C=O) groups excluding carboxylic acids is 2. The summed E-state index contributed by atoms with van der Waals surface area (Å²) in [6.07, 6.45) is -3.40. The third-order valence-corrected chi connectivity index (χ3v) is 5.68. The van der Waals surface area contributed by atoms with E-state index in [0.29, 0.717) is 5.82 Å². The van der Waals surface area contributed by atoms with E-state index in [2.05, 4.69) is 9.97 Å². The van der Waals surface area contributed by atoms with Gasteiger partial charge in [0.05, 0.1) is 10.9 Å². The Morgan fingerprint density at radius 1 is 1.21 bits per heavy atom. The number of ether oxygens (including phenoxy) is 2. The number of aryl methyl sites for hydroxylation is 1. The molecule has 1 aromatic carbocycles. The van der Waals surface area contributed by atoms with Crippen LogP contribution in [0.4, 0.5) is 5.82 Å². The molecular weight excluding hydrogens is 444 g/mol. The lowest BCUT2D eigenvalue weighted by atomic mass is 10.1. The van der Waals surface area contributed by atoms with Gasteiger partial charge < -0.3 is 41.5 Å².